The van der Waals surface area contributed by atoms with E-state index in [0.29, 0.717) is 6.42 Å². The average molecular weight is 332 g/mol. The van der Waals surface area contributed by atoms with Crippen LogP contribution in [0.4, 0.5) is 5.82 Å². The first-order valence-corrected chi connectivity index (χ1v) is 6.45. The van der Waals surface area contributed by atoms with Crippen LogP contribution < -0.4 is 11.4 Å². The molecule has 1 aliphatic heterocycles. The lowest BCUT2D eigenvalue weighted by atomic mass is 9.93. The summed E-state index contributed by atoms with van der Waals surface area (Å²) in [5.41, 5.74) is 2.70. The van der Waals surface area contributed by atoms with E-state index in [1.807, 2.05) is 0 Å². The lowest BCUT2D eigenvalue weighted by Crippen LogP contribution is -2.48. The van der Waals surface area contributed by atoms with E-state index in [1.54, 1.807) is 6.92 Å². The van der Waals surface area contributed by atoms with E-state index in [2.05, 4.69) is 16.8 Å². The molecule has 122 valence electrons. The van der Waals surface area contributed by atoms with Crippen molar-refractivity contribution in [3.05, 3.63) is 22.7 Å². The number of nitrogens with two attached hydrogens (primary N) is 1. The summed E-state index contributed by atoms with van der Waals surface area (Å²) in [6.07, 6.45) is -2.11. The molecule has 0 aromatic carbocycles. The van der Waals surface area contributed by atoms with Crippen LogP contribution in [0.25, 0.3) is 0 Å². The maximum Gasteiger partial charge on any atom is 0.351 e. The smallest absolute Gasteiger partial charge is 0.351 e. The molecule has 8 nitrogen and oxygen atoms in total. The van der Waals surface area contributed by atoms with Crippen molar-refractivity contribution in [1.29, 1.82) is 0 Å². The SMILES string of the molecule is CCC#C[C@@]1(O)[C@@H](CO)O[C@@H](n2ccc(N)nc2=O)[C@@H]1O.Cl. The zero-order valence-corrected chi connectivity index (χ0v) is 12.7. The Hall–Kier alpha value is -1.63. The Morgan fingerprint density at radius 2 is 2.27 bits per heavy atom. The molecular weight excluding hydrogens is 314 g/mol. The predicted molar refractivity (Wildman–Crippen MR) is 80.2 cm³/mol. The number of hydrogen-bond donors (Lipinski definition) is 4. The van der Waals surface area contributed by atoms with Gasteiger partial charge in [-0.3, -0.25) is 4.57 Å². The van der Waals surface area contributed by atoms with E-state index in [0.717, 1.165) is 4.57 Å². The van der Waals surface area contributed by atoms with E-state index in [9.17, 15) is 20.1 Å². The molecule has 0 unspecified atom stereocenters. The first kappa shape index (κ1) is 18.4. The fourth-order valence-electron chi connectivity index (χ4n) is 2.16. The van der Waals surface area contributed by atoms with Gasteiger partial charge in [0.25, 0.3) is 0 Å². The Kier molecular flexibility index (Phi) is 5.93. The van der Waals surface area contributed by atoms with Crippen molar-refractivity contribution in [1.82, 2.24) is 9.55 Å². The Morgan fingerprint density at radius 3 is 2.82 bits per heavy atom. The minimum atomic E-state index is -1.96. The average Bonchev–Trinajstić information content (AvgIpc) is 2.70. The normalized spacial score (nSPS) is 30.3. The third kappa shape index (κ3) is 3.09. The number of aromatic nitrogens is 2. The van der Waals surface area contributed by atoms with Crippen molar-refractivity contribution < 1.29 is 20.1 Å². The van der Waals surface area contributed by atoms with E-state index in [4.69, 9.17) is 10.5 Å². The molecule has 0 spiro atoms. The third-order valence-corrected chi connectivity index (χ3v) is 3.27. The molecule has 22 heavy (non-hydrogen) atoms. The van der Waals surface area contributed by atoms with Crippen LogP contribution in [0.1, 0.15) is 19.6 Å². The molecule has 0 amide bonds. The van der Waals surface area contributed by atoms with Crippen LogP contribution in [0, 0.1) is 11.8 Å². The molecule has 1 fully saturated rings. The summed E-state index contributed by atoms with van der Waals surface area (Å²) in [7, 11) is 0. The molecule has 0 aliphatic carbocycles. The molecule has 5 N–H and O–H groups in total. The van der Waals surface area contributed by atoms with Crippen LogP contribution >= 0.6 is 12.4 Å². The predicted octanol–water partition coefficient (Wildman–Crippen LogP) is -1.36. The van der Waals surface area contributed by atoms with Crippen molar-refractivity contribution in [3.63, 3.8) is 0 Å². The number of nitrogens with zero attached hydrogens (tertiary/aromatic N) is 2. The number of ether oxygens (including phenoxy) is 1. The Labute approximate surface area is 133 Å². The van der Waals surface area contributed by atoms with Gasteiger partial charge in [-0.15, -0.1) is 18.3 Å². The topological polar surface area (TPSA) is 131 Å². The number of hydrogen-bond acceptors (Lipinski definition) is 7. The first-order valence-electron chi connectivity index (χ1n) is 6.45. The van der Waals surface area contributed by atoms with Crippen LogP contribution in [0.2, 0.25) is 0 Å². The van der Waals surface area contributed by atoms with Gasteiger partial charge in [0.1, 0.15) is 18.0 Å². The van der Waals surface area contributed by atoms with Crippen molar-refractivity contribution in [2.75, 3.05) is 12.3 Å². The highest BCUT2D eigenvalue weighted by Crippen LogP contribution is 2.36. The zero-order valence-electron chi connectivity index (χ0n) is 11.8. The number of aliphatic hydroxyl groups excluding tert-OH is 2. The van der Waals surface area contributed by atoms with Gasteiger partial charge in [-0.2, -0.15) is 4.98 Å². The van der Waals surface area contributed by atoms with Crippen LogP contribution in [0.15, 0.2) is 17.1 Å². The molecule has 9 heteroatoms. The summed E-state index contributed by atoms with van der Waals surface area (Å²) in [4.78, 5) is 15.3. The number of halogens is 1. The van der Waals surface area contributed by atoms with Gasteiger partial charge in [-0.25, -0.2) is 4.79 Å². The molecule has 2 heterocycles. The molecule has 1 saturated heterocycles. The molecule has 1 aromatic heterocycles. The molecule has 2 rings (SSSR count). The summed E-state index contributed by atoms with van der Waals surface area (Å²) >= 11 is 0. The van der Waals surface area contributed by atoms with Crippen LogP contribution in [0.5, 0.6) is 0 Å². The minimum absolute atomic E-state index is 0. The zero-order chi connectivity index (χ0) is 15.6. The van der Waals surface area contributed by atoms with Gasteiger partial charge in [0.05, 0.1) is 6.61 Å². The first-order chi connectivity index (χ1) is 9.93. The fraction of sp³-hybridized carbons (Fsp3) is 0.538. The third-order valence-electron chi connectivity index (χ3n) is 3.27. The van der Waals surface area contributed by atoms with E-state index < -0.39 is 36.3 Å². The van der Waals surface area contributed by atoms with Gasteiger partial charge in [0.15, 0.2) is 11.8 Å². The van der Waals surface area contributed by atoms with Gasteiger partial charge in [0, 0.05) is 12.6 Å². The monoisotopic (exact) mass is 331 g/mol. The highest BCUT2D eigenvalue weighted by molar-refractivity contribution is 5.85. The van der Waals surface area contributed by atoms with Crippen LogP contribution in [-0.4, -0.2) is 49.3 Å². The lowest BCUT2D eigenvalue weighted by molar-refractivity contribution is -0.0624. The standard InChI is InChI=1S/C13H17N3O5.ClH/c1-2-3-5-13(20)8(7-17)21-11(10(13)18)16-6-4-9(14)15-12(16)19;/h4,6,8,10-11,17-18,20H,2,7H2,1H3,(H2,14,15,19);1H/t8-,10+,11-,13-;/m1./s1. The van der Waals surface area contributed by atoms with Crippen molar-refractivity contribution in [2.45, 2.75) is 37.4 Å². The Bertz CT molecular complexity index is 641. The van der Waals surface area contributed by atoms with Crippen molar-refractivity contribution in [3.8, 4) is 11.8 Å². The highest BCUT2D eigenvalue weighted by Gasteiger charge is 2.55. The molecule has 0 radical (unpaired) electrons. The Balaban J connectivity index is 0.00000242. The summed E-state index contributed by atoms with van der Waals surface area (Å²) < 4.78 is 6.37. The number of rotatable bonds is 2. The van der Waals surface area contributed by atoms with Gasteiger partial charge < -0.3 is 25.8 Å². The fourth-order valence-corrected chi connectivity index (χ4v) is 2.16. The maximum absolute atomic E-state index is 11.8. The Morgan fingerprint density at radius 1 is 1.59 bits per heavy atom. The molecule has 0 bridgehead atoms. The summed E-state index contributed by atoms with van der Waals surface area (Å²) in [6.45, 7) is 1.22. The number of aliphatic hydroxyl groups is 3. The van der Waals surface area contributed by atoms with Crippen LogP contribution in [0.3, 0.4) is 0 Å². The van der Waals surface area contributed by atoms with Gasteiger partial charge in [-0.05, 0) is 6.07 Å². The van der Waals surface area contributed by atoms with Crippen molar-refractivity contribution >= 4 is 18.2 Å². The second kappa shape index (κ2) is 7.09. The van der Waals surface area contributed by atoms with Gasteiger partial charge >= 0.3 is 5.69 Å². The molecule has 1 aliphatic rings. The molecule has 0 saturated carbocycles. The van der Waals surface area contributed by atoms with E-state index in [-0.39, 0.29) is 18.2 Å². The van der Waals surface area contributed by atoms with Crippen LogP contribution in [-0.2, 0) is 4.74 Å². The second-order valence-electron chi connectivity index (χ2n) is 4.67. The molecule has 4 atom stereocenters. The summed E-state index contributed by atoms with van der Waals surface area (Å²) in [5.74, 6) is 5.18. The largest absolute Gasteiger partial charge is 0.394 e. The highest BCUT2D eigenvalue weighted by atomic mass is 35.5. The van der Waals surface area contributed by atoms with Gasteiger partial charge in [0.2, 0.25) is 0 Å². The summed E-state index contributed by atoms with van der Waals surface area (Å²) in [6, 6.07) is 1.36. The number of nitrogen functional groups attached to an aromatic ring is 1. The molecular formula is C13H18ClN3O5. The number of anilines is 1. The summed E-state index contributed by atoms with van der Waals surface area (Å²) in [5, 5.41) is 30.0. The van der Waals surface area contributed by atoms with Gasteiger partial charge in [-0.1, -0.05) is 12.8 Å². The maximum atomic E-state index is 11.8. The van der Waals surface area contributed by atoms with E-state index >= 15 is 0 Å². The molecule has 1 aromatic rings. The quantitative estimate of drug-likeness (QED) is 0.492. The minimum Gasteiger partial charge on any atom is -0.394 e. The van der Waals surface area contributed by atoms with Crippen molar-refractivity contribution in [2.24, 2.45) is 0 Å². The van der Waals surface area contributed by atoms with E-state index in [1.165, 1.54) is 12.3 Å². The lowest BCUT2D eigenvalue weighted by Gasteiger charge is -2.24. The second-order valence-corrected chi connectivity index (χ2v) is 4.67.